The third-order valence-electron chi connectivity index (χ3n) is 3.37. The highest BCUT2D eigenvalue weighted by Crippen LogP contribution is 2.26. The summed E-state index contributed by atoms with van der Waals surface area (Å²) in [7, 11) is 0. The molecule has 2 heterocycles. The quantitative estimate of drug-likeness (QED) is 0.565. The van der Waals surface area contributed by atoms with Gasteiger partial charge in [0.2, 0.25) is 5.16 Å². The van der Waals surface area contributed by atoms with Crippen molar-refractivity contribution in [2.75, 3.05) is 0 Å². The molecule has 2 aromatic heterocycles. The van der Waals surface area contributed by atoms with Crippen LogP contribution >= 0.6 is 23.4 Å². The first-order valence-electron chi connectivity index (χ1n) is 6.78. The average molecular weight is 327 g/mol. The summed E-state index contributed by atoms with van der Waals surface area (Å²) in [5.41, 5.74) is 3.69. The lowest BCUT2D eigenvalue weighted by Gasteiger charge is -1.99. The molecular formula is C16H11ClN4S. The van der Waals surface area contributed by atoms with Gasteiger partial charge in [-0.1, -0.05) is 53.7 Å². The zero-order valence-corrected chi connectivity index (χ0v) is 13.0. The second-order valence-electron chi connectivity index (χ2n) is 4.88. The lowest BCUT2D eigenvalue weighted by molar-refractivity contribution is 0.878. The molecule has 22 heavy (non-hydrogen) atoms. The Morgan fingerprint density at radius 1 is 1.05 bits per heavy atom. The van der Waals surface area contributed by atoms with Crippen LogP contribution < -0.4 is 0 Å². The van der Waals surface area contributed by atoms with E-state index in [-0.39, 0.29) is 0 Å². The topological polar surface area (TPSA) is 54.5 Å². The van der Waals surface area contributed by atoms with Crippen molar-refractivity contribution in [2.24, 2.45) is 0 Å². The number of H-pyrrole nitrogens is 1. The number of hydrogen-bond donors (Lipinski definition) is 1. The highest BCUT2D eigenvalue weighted by atomic mass is 35.5. The minimum atomic E-state index is 0.661. The van der Waals surface area contributed by atoms with Gasteiger partial charge in [-0.05, 0) is 23.8 Å². The fraction of sp³-hybridized carbons (Fsp3) is 0.0625. The first-order valence-corrected chi connectivity index (χ1v) is 8.14. The van der Waals surface area contributed by atoms with E-state index < -0.39 is 0 Å². The van der Waals surface area contributed by atoms with Gasteiger partial charge in [-0.2, -0.15) is 0 Å². The van der Waals surface area contributed by atoms with Gasteiger partial charge in [-0.15, -0.1) is 10.2 Å². The Bertz CT molecular complexity index is 952. The minimum absolute atomic E-state index is 0.661. The second kappa shape index (κ2) is 5.59. The first-order chi connectivity index (χ1) is 10.8. The Hall–Kier alpha value is -2.11. The van der Waals surface area contributed by atoms with E-state index >= 15 is 0 Å². The van der Waals surface area contributed by atoms with Gasteiger partial charge in [-0.3, -0.25) is 0 Å². The molecule has 0 atom stereocenters. The number of nitrogens with zero attached hydrogens (tertiary/aromatic N) is 3. The van der Waals surface area contributed by atoms with Crippen LogP contribution in [0.3, 0.4) is 0 Å². The Kier molecular flexibility index (Phi) is 3.44. The van der Waals surface area contributed by atoms with Crippen molar-refractivity contribution >= 4 is 45.4 Å². The Labute approximate surface area is 135 Å². The van der Waals surface area contributed by atoms with Gasteiger partial charge in [0, 0.05) is 21.7 Å². The molecule has 4 aromatic rings. The average Bonchev–Trinajstić information content (AvgIpc) is 2.91. The number of benzene rings is 2. The number of aromatic amines is 1. The van der Waals surface area contributed by atoms with Crippen molar-refractivity contribution in [3.8, 4) is 0 Å². The Balaban J connectivity index is 1.67. The molecule has 108 valence electrons. The van der Waals surface area contributed by atoms with Crippen molar-refractivity contribution in [1.82, 2.24) is 20.2 Å². The summed E-state index contributed by atoms with van der Waals surface area (Å²) in [6.07, 6.45) is 0. The van der Waals surface area contributed by atoms with Crippen molar-refractivity contribution < 1.29 is 0 Å². The monoisotopic (exact) mass is 326 g/mol. The minimum Gasteiger partial charge on any atom is -0.338 e. The van der Waals surface area contributed by atoms with E-state index in [1.807, 2.05) is 36.4 Å². The van der Waals surface area contributed by atoms with Crippen LogP contribution in [0.2, 0.25) is 5.02 Å². The normalized spacial score (nSPS) is 11.3. The largest absolute Gasteiger partial charge is 0.338 e. The van der Waals surface area contributed by atoms with Crippen LogP contribution in [-0.2, 0) is 5.75 Å². The van der Waals surface area contributed by atoms with E-state index in [4.69, 9.17) is 11.6 Å². The predicted octanol–water partition coefficient (Wildman–Crippen LogP) is 4.45. The van der Waals surface area contributed by atoms with E-state index in [9.17, 15) is 0 Å². The maximum absolute atomic E-state index is 6.04. The van der Waals surface area contributed by atoms with Crippen LogP contribution in [0.4, 0.5) is 0 Å². The molecule has 0 aliphatic rings. The predicted molar refractivity (Wildman–Crippen MR) is 90.2 cm³/mol. The Morgan fingerprint density at radius 2 is 1.91 bits per heavy atom. The third kappa shape index (κ3) is 2.53. The molecule has 0 radical (unpaired) electrons. The summed E-state index contributed by atoms with van der Waals surface area (Å²) >= 11 is 7.61. The van der Waals surface area contributed by atoms with Crippen LogP contribution in [0.5, 0.6) is 0 Å². The molecule has 1 N–H and O–H groups in total. The number of thioether (sulfide) groups is 1. The highest BCUT2D eigenvalue weighted by Gasteiger charge is 2.10. The number of hydrogen-bond acceptors (Lipinski definition) is 4. The van der Waals surface area contributed by atoms with E-state index in [1.165, 1.54) is 5.56 Å². The summed E-state index contributed by atoms with van der Waals surface area (Å²) in [5.74, 6) is 0.820. The summed E-state index contributed by atoms with van der Waals surface area (Å²) < 4.78 is 0. The lowest BCUT2D eigenvalue weighted by Crippen LogP contribution is -1.92. The fourth-order valence-corrected chi connectivity index (χ4v) is 3.23. The van der Waals surface area contributed by atoms with E-state index in [0.29, 0.717) is 10.2 Å². The maximum atomic E-state index is 6.04. The van der Waals surface area contributed by atoms with Gasteiger partial charge in [0.1, 0.15) is 5.52 Å². The molecule has 0 amide bonds. The standard InChI is InChI=1S/C16H11ClN4S/c17-11-6-7-13-12(8-11)14-15(18-13)19-16(21-20-14)22-9-10-4-2-1-3-5-10/h1-8H,9H2,(H,18,19,21). The number of rotatable bonds is 3. The van der Waals surface area contributed by atoms with Gasteiger partial charge in [-0.25, -0.2) is 4.98 Å². The summed E-state index contributed by atoms with van der Waals surface area (Å²) in [6.45, 7) is 0. The van der Waals surface area contributed by atoms with Gasteiger partial charge in [0.25, 0.3) is 0 Å². The fourth-order valence-electron chi connectivity index (χ4n) is 2.31. The van der Waals surface area contributed by atoms with Crippen molar-refractivity contribution in [1.29, 1.82) is 0 Å². The Morgan fingerprint density at radius 3 is 2.77 bits per heavy atom. The van der Waals surface area contributed by atoms with Crippen molar-refractivity contribution in [3.63, 3.8) is 0 Å². The molecule has 0 unspecified atom stereocenters. The highest BCUT2D eigenvalue weighted by molar-refractivity contribution is 7.98. The van der Waals surface area contributed by atoms with Crippen molar-refractivity contribution in [2.45, 2.75) is 10.9 Å². The van der Waals surface area contributed by atoms with E-state index in [1.54, 1.807) is 11.8 Å². The molecule has 0 spiro atoms. The molecule has 0 bridgehead atoms. The molecular weight excluding hydrogens is 316 g/mol. The third-order valence-corrected chi connectivity index (χ3v) is 4.51. The second-order valence-corrected chi connectivity index (χ2v) is 6.26. The molecule has 2 aromatic carbocycles. The molecule has 6 heteroatoms. The molecule has 4 rings (SSSR count). The molecule has 0 saturated carbocycles. The molecule has 4 nitrogen and oxygen atoms in total. The molecule has 0 fully saturated rings. The molecule has 0 saturated heterocycles. The van der Waals surface area contributed by atoms with Gasteiger partial charge in [0.15, 0.2) is 5.65 Å². The van der Waals surface area contributed by atoms with Gasteiger partial charge >= 0.3 is 0 Å². The molecule has 0 aliphatic heterocycles. The van der Waals surface area contributed by atoms with Gasteiger partial charge < -0.3 is 4.98 Å². The van der Waals surface area contributed by atoms with Crippen LogP contribution in [0.1, 0.15) is 5.56 Å². The zero-order valence-electron chi connectivity index (χ0n) is 11.5. The van der Waals surface area contributed by atoms with E-state index in [2.05, 4.69) is 32.3 Å². The smallest absolute Gasteiger partial charge is 0.211 e. The van der Waals surface area contributed by atoms with Crippen molar-refractivity contribution in [3.05, 3.63) is 59.1 Å². The number of nitrogens with one attached hydrogen (secondary N) is 1. The molecule has 0 aliphatic carbocycles. The van der Waals surface area contributed by atoms with Crippen LogP contribution in [0.15, 0.2) is 53.7 Å². The first kappa shape index (κ1) is 13.5. The van der Waals surface area contributed by atoms with Crippen LogP contribution in [0, 0.1) is 0 Å². The summed E-state index contributed by atoms with van der Waals surface area (Å²) in [6, 6.07) is 15.9. The SMILES string of the molecule is Clc1ccc2[nH]c3nc(SCc4ccccc4)nnc3c2c1. The number of aromatic nitrogens is 4. The van der Waals surface area contributed by atoms with E-state index in [0.717, 1.165) is 27.8 Å². The number of halogens is 1. The van der Waals surface area contributed by atoms with Crippen LogP contribution in [-0.4, -0.2) is 20.2 Å². The lowest BCUT2D eigenvalue weighted by atomic mass is 10.2. The van der Waals surface area contributed by atoms with Crippen LogP contribution in [0.25, 0.3) is 22.1 Å². The summed E-state index contributed by atoms with van der Waals surface area (Å²) in [5, 5.41) is 10.8. The summed E-state index contributed by atoms with van der Waals surface area (Å²) in [4.78, 5) is 7.81. The maximum Gasteiger partial charge on any atom is 0.211 e. The van der Waals surface area contributed by atoms with Gasteiger partial charge in [0.05, 0.1) is 0 Å². The number of fused-ring (bicyclic) bond motifs is 3. The zero-order chi connectivity index (χ0) is 14.9.